The Morgan fingerprint density at radius 2 is 1.77 bits per heavy atom. The number of hydrogen-bond donors (Lipinski definition) is 1. The SMILES string of the molecule is CC(=O)N1C=Cc2ccccc2C1CC(=O)Nc1cc(S(=O)(=O)N2CCCCC2)ccc1N(C)C. The highest BCUT2D eigenvalue weighted by atomic mass is 32.2. The smallest absolute Gasteiger partial charge is 0.243 e. The maximum atomic E-state index is 13.2. The molecule has 0 radical (unpaired) electrons. The molecule has 186 valence electrons. The second-order valence-electron chi connectivity index (χ2n) is 9.18. The number of amides is 2. The third-order valence-corrected chi connectivity index (χ3v) is 8.42. The van der Waals surface area contributed by atoms with Gasteiger partial charge in [-0.3, -0.25) is 9.59 Å². The van der Waals surface area contributed by atoms with Crippen LogP contribution in [0.1, 0.15) is 49.8 Å². The number of piperidine rings is 1. The monoisotopic (exact) mass is 496 g/mol. The molecular weight excluding hydrogens is 464 g/mol. The van der Waals surface area contributed by atoms with Gasteiger partial charge < -0.3 is 15.1 Å². The number of carbonyl (C=O) groups excluding carboxylic acids is 2. The number of rotatable bonds is 6. The first kappa shape index (κ1) is 24.9. The molecule has 1 unspecified atom stereocenters. The van der Waals surface area contributed by atoms with E-state index in [1.807, 2.05) is 49.3 Å². The molecular formula is C26H32N4O4S. The summed E-state index contributed by atoms with van der Waals surface area (Å²) in [6.45, 7) is 2.49. The second-order valence-corrected chi connectivity index (χ2v) is 11.1. The normalized spacial score (nSPS) is 18.1. The summed E-state index contributed by atoms with van der Waals surface area (Å²) in [5.74, 6) is -0.459. The number of anilines is 2. The molecule has 1 fully saturated rings. The zero-order valence-electron chi connectivity index (χ0n) is 20.4. The predicted molar refractivity (Wildman–Crippen MR) is 137 cm³/mol. The number of carbonyl (C=O) groups is 2. The highest BCUT2D eigenvalue weighted by Crippen LogP contribution is 2.34. The molecule has 2 aromatic carbocycles. The number of nitrogens with zero attached hydrogens (tertiary/aromatic N) is 3. The summed E-state index contributed by atoms with van der Waals surface area (Å²) in [6.07, 6.45) is 6.34. The first-order valence-corrected chi connectivity index (χ1v) is 13.3. The largest absolute Gasteiger partial charge is 0.376 e. The van der Waals surface area contributed by atoms with Crippen molar-refractivity contribution in [3.63, 3.8) is 0 Å². The molecule has 8 nitrogen and oxygen atoms in total. The molecule has 0 aliphatic carbocycles. The molecule has 2 heterocycles. The van der Waals surface area contributed by atoms with Gasteiger partial charge in [0.25, 0.3) is 0 Å². The van der Waals surface area contributed by atoms with Crippen molar-refractivity contribution in [1.82, 2.24) is 9.21 Å². The van der Waals surface area contributed by atoms with Gasteiger partial charge in [0.1, 0.15) is 0 Å². The Hall–Kier alpha value is -3.17. The molecule has 2 amide bonds. The summed E-state index contributed by atoms with van der Waals surface area (Å²) in [6, 6.07) is 12.1. The Balaban J connectivity index is 1.61. The summed E-state index contributed by atoms with van der Waals surface area (Å²) >= 11 is 0. The van der Waals surface area contributed by atoms with E-state index in [-0.39, 0.29) is 23.1 Å². The van der Waals surface area contributed by atoms with Crippen LogP contribution in [0.3, 0.4) is 0 Å². The molecule has 0 bridgehead atoms. The van der Waals surface area contributed by atoms with Crippen molar-refractivity contribution < 1.29 is 18.0 Å². The van der Waals surface area contributed by atoms with Crippen molar-refractivity contribution in [3.05, 3.63) is 59.8 Å². The van der Waals surface area contributed by atoms with Gasteiger partial charge in [-0.15, -0.1) is 0 Å². The number of sulfonamides is 1. The predicted octanol–water partition coefficient (Wildman–Crippen LogP) is 3.83. The van der Waals surface area contributed by atoms with Crippen molar-refractivity contribution in [2.24, 2.45) is 0 Å². The number of hydrogen-bond acceptors (Lipinski definition) is 5. The lowest BCUT2D eigenvalue weighted by molar-refractivity contribution is -0.129. The van der Waals surface area contributed by atoms with Crippen LogP contribution in [0, 0.1) is 0 Å². The summed E-state index contributed by atoms with van der Waals surface area (Å²) in [5.41, 5.74) is 2.98. The highest BCUT2D eigenvalue weighted by Gasteiger charge is 2.30. The van der Waals surface area contributed by atoms with Gasteiger partial charge in [-0.05, 0) is 48.2 Å². The van der Waals surface area contributed by atoms with Crippen LogP contribution in [-0.4, -0.2) is 56.6 Å². The van der Waals surface area contributed by atoms with Crippen molar-refractivity contribution in [3.8, 4) is 0 Å². The molecule has 0 saturated carbocycles. The Labute approximate surface area is 207 Å². The molecule has 0 spiro atoms. The minimum absolute atomic E-state index is 0.0386. The molecule has 2 aliphatic rings. The van der Waals surface area contributed by atoms with Gasteiger partial charge in [0.05, 0.1) is 28.7 Å². The Bertz CT molecular complexity index is 1250. The van der Waals surface area contributed by atoms with Crippen LogP contribution in [-0.2, 0) is 19.6 Å². The molecule has 2 aliphatic heterocycles. The van der Waals surface area contributed by atoms with Gasteiger partial charge in [-0.1, -0.05) is 30.7 Å². The summed E-state index contributed by atoms with van der Waals surface area (Å²) in [7, 11) is 0.0250. The van der Waals surface area contributed by atoms with Crippen molar-refractivity contribution in [2.45, 2.75) is 43.5 Å². The van der Waals surface area contributed by atoms with E-state index < -0.39 is 16.1 Å². The van der Waals surface area contributed by atoms with E-state index in [1.54, 1.807) is 23.2 Å². The molecule has 35 heavy (non-hydrogen) atoms. The van der Waals surface area contributed by atoms with Crippen molar-refractivity contribution in [2.75, 3.05) is 37.4 Å². The fraction of sp³-hybridized carbons (Fsp3) is 0.385. The minimum atomic E-state index is -3.65. The van der Waals surface area contributed by atoms with Gasteiger partial charge in [0, 0.05) is 40.3 Å². The van der Waals surface area contributed by atoms with Crippen LogP contribution < -0.4 is 10.2 Å². The third kappa shape index (κ3) is 5.26. The minimum Gasteiger partial charge on any atom is -0.376 e. The van der Waals surface area contributed by atoms with Crippen LogP contribution in [0.25, 0.3) is 6.08 Å². The first-order valence-electron chi connectivity index (χ1n) is 11.9. The third-order valence-electron chi connectivity index (χ3n) is 6.52. The van der Waals surface area contributed by atoms with Crippen LogP contribution in [0.4, 0.5) is 11.4 Å². The van der Waals surface area contributed by atoms with Crippen LogP contribution in [0.15, 0.2) is 53.6 Å². The van der Waals surface area contributed by atoms with E-state index in [4.69, 9.17) is 0 Å². The summed E-state index contributed by atoms with van der Waals surface area (Å²) < 4.78 is 28.0. The molecule has 4 rings (SSSR count). The number of fused-ring (bicyclic) bond motifs is 1. The Morgan fingerprint density at radius 1 is 1.06 bits per heavy atom. The lowest BCUT2D eigenvalue weighted by atomic mass is 9.93. The van der Waals surface area contributed by atoms with Crippen molar-refractivity contribution in [1.29, 1.82) is 0 Å². The van der Waals surface area contributed by atoms with Crippen molar-refractivity contribution >= 4 is 39.3 Å². The Kier molecular flexibility index (Phi) is 7.28. The summed E-state index contributed by atoms with van der Waals surface area (Å²) in [4.78, 5) is 29.1. The highest BCUT2D eigenvalue weighted by molar-refractivity contribution is 7.89. The lowest BCUT2D eigenvalue weighted by Gasteiger charge is -2.32. The van der Waals surface area contributed by atoms with Crippen LogP contribution in [0.2, 0.25) is 0 Å². The molecule has 1 atom stereocenters. The lowest BCUT2D eigenvalue weighted by Crippen LogP contribution is -2.35. The average molecular weight is 497 g/mol. The number of nitrogens with one attached hydrogen (secondary N) is 1. The quantitative estimate of drug-likeness (QED) is 0.657. The van der Waals surface area contributed by atoms with Gasteiger partial charge in [-0.25, -0.2) is 8.42 Å². The van der Waals surface area contributed by atoms with Gasteiger partial charge in [0.15, 0.2) is 0 Å². The van der Waals surface area contributed by atoms with E-state index in [0.29, 0.717) is 24.5 Å². The fourth-order valence-corrected chi connectivity index (χ4v) is 6.25. The zero-order chi connectivity index (χ0) is 25.2. The zero-order valence-corrected chi connectivity index (χ0v) is 21.2. The number of benzene rings is 2. The standard InChI is InChI=1S/C26H32N4O4S/c1-19(31)30-16-13-20-9-5-6-10-22(20)25(30)18-26(32)27-23-17-21(11-12-24(23)28(2)3)35(33,34)29-14-7-4-8-15-29/h5-6,9-13,16-17,25H,4,7-8,14-15,18H2,1-3H3,(H,27,32). The van der Waals surface area contributed by atoms with E-state index in [2.05, 4.69) is 5.32 Å². The van der Waals surface area contributed by atoms with E-state index in [0.717, 1.165) is 30.4 Å². The maximum absolute atomic E-state index is 13.2. The molecule has 1 saturated heterocycles. The van der Waals surface area contributed by atoms with Gasteiger partial charge in [-0.2, -0.15) is 4.31 Å². The second kappa shape index (κ2) is 10.2. The molecule has 9 heteroatoms. The van der Waals surface area contributed by atoms with E-state index in [1.165, 1.54) is 17.3 Å². The first-order chi connectivity index (χ1) is 16.7. The van der Waals surface area contributed by atoms with Gasteiger partial charge in [0.2, 0.25) is 21.8 Å². The molecule has 2 aromatic rings. The van der Waals surface area contributed by atoms with E-state index in [9.17, 15) is 18.0 Å². The molecule has 0 aromatic heterocycles. The Morgan fingerprint density at radius 3 is 2.46 bits per heavy atom. The molecule has 1 N–H and O–H groups in total. The van der Waals surface area contributed by atoms with Crippen LogP contribution >= 0.6 is 0 Å². The van der Waals surface area contributed by atoms with E-state index >= 15 is 0 Å². The average Bonchev–Trinajstić information content (AvgIpc) is 2.84. The maximum Gasteiger partial charge on any atom is 0.243 e. The van der Waals surface area contributed by atoms with Gasteiger partial charge >= 0.3 is 0 Å². The fourth-order valence-electron chi connectivity index (χ4n) is 4.71. The summed E-state index contributed by atoms with van der Waals surface area (Å²) in [5, 5.41) is 2.92. The topological polar surface area (TPSA) is 90.0 Å². The van der Waals surface area contributed by atoms with Crippen LogP contribution in [0.5, 0.6) is 0 Å².